The maximum absolute atomic E-state index is 14.1. The van der Waals surface area contributed by atoms with Crippen LogP contribution in [0.2, 0.25) is 5.02 Å². The van der Waals surface area contributed by atoms with Crippen LogP contribution in [0.3, 0.4) is 0 Å². The molecule has 3 aromatic rings. The molecule has 1 atom stereocenters. The number of aryl methyl sites for hydroxylation is 3. The molecule has 0 heterocycles. The first-order chi connectivity index (χ1) is 19.0. The molecule has 0 aliphatic rings. The summed E-state index contributed by atoms with van der Waals surface area (Å²) >= 11 is 6.18. The molecular formula is C31H38ClN3O4S. The van der Waals surface area contributed by atoms with Crippen LogP contribution in [0.15, 0.2) is 71.6 Å². The van der Waals surface area contributed by atoms with Gasteiger partial charge in [0.15, 0.2) is 0 Å². The minimum atomic E-state index is -4.14. The number of benzene rings is 3. The number of hydrogen-bond acceptors (Lipinski definition) is 4. The van der Waals surface area contributed by atoms with Crippen LogP contribution in [0.1, 0.15) is 48.9 Å². The molecule has 7 nitrogen and oxygen atoms in total. The van der Waals surface area contributed by atoms with Gasteiger partial charge in [-0.2, -0.15) is 0 Å². The smallest absolute Gasteiger partial charge is 0.264 e. The summed E-state index contributed by atoms with van der Waals surface area (Å²) in [5.41, 5.74) is 3.78. The number of rotatable bonds is 12. The molecule has 1 unspecified atom stereocenters. The van der Waals surface area contributed by atoms with Crippen LogP contribution in [0, 0.1) is 20.8 Å². The second-order valence-corrected chi connectivity index (χ2v) is 12.3. The Kier molecular flexibility index (Phi) is 10.8. The van der Waals surface area contributed by atoms with Crippen molar-refractivity contribution < 1.29 is 18.0 Å². The fourth-order valence-electron chi connectivity index (χ4n) is 4.43. The summed E-state index contributed by atoms with van der Waals surface area (Å²) < 4.78 is 29.1. The van der Waals surface area contributed by atoms with E-state index >= 15 is 0 Å². The summed E-state index contributed by atoms with van der Waals surface area (Å²) in [6.07, 6.45) is 1.13. The molecule has 1 N–H and O–H groups in total. The summed E-state index contributed by atoms with van der Waals surface area (Å²) in [6, 6.07) is 18.3. The van der Waals surface area contributed by atoms with Crippen LogP contribution in [0.5, 0.6) is 0 Å². The first kappa shape index (κ1) is 31.2. The Labute approximate surface area is 243 Å². The summed E-state index contributed by atoms with van der Waals surface area (Å²) in [6.45, 7) is 9.56. The van der Waals surface area contributed by atoms with Gasteiger partial charge in [0.25, 0.3) is 10.0 Å². The van der Waals surface area contributed by atoms with Crippen molar-refractivity contribution in [1.29, 1.82) is 0 Å². The number of halogens is 1. The van der Waals surface area contributed by atoms with Gasteiger partial charge in [-0.3, -0.25) is 13.9 Å². The molecule has 9 heteroatoms. The molecule has 0 bridgehead atoms. The van der Waals surface area contributed by atoms with E-state index in [4.69, 9.17) is 11.6 Å². The zero-order valence-electron chi connectivity index (χ0n) is 23.8. The zero-order chi connectivity index (χ0) is 29.4. The minimum absolute atomic E-state index is 0.0677. The van der Waals surface area contributed by atoms with Crippen molar-refractivity contribution in [2.75, 3.05) is 17.4 Å². The Morgan fingerprint density at radius 1 is 0.900 bits per heavy atom. The first-order valence-corrected chi connectivity index (χ1v) is 15.3. The van der Waals surface area contributed by atoms with Crippen LogP contribution in [-0.4, -0.2) is 44.3 Å². The van der Waals surface area contributed by atoms with E-state index in [0.717, 1.165) is 27.4 Å². The maximum atomic E-state index is 14.1. The third-order valence-electron chi connectivity index (χ3n) is 6.72. The summed E-state index contributed by atoms with van der Waals surface area (Å²) in [5.74, 6) is -0.746. The van der Waals surface area contributed by atoms with E-state index in [2.05, 4.69) is 5.32 Å². The van der Waals surface area contributed by atoms with Crippen molar-refractivity contribution >= 4 is 39.1 Å². The lowest BCUT2D eigenvalue weighted by atomic mass is 10.1. The third-order valence-corrected chi connectivity index (χ3v) is 8.73. The second-order valence-electron chi connectivity index (χ2n) is 9.98. The highest BCUT2D eigenvalue weighted by atomic mass is 35.5. The molecule has 214 valence electrons. The van der Waals surface area contributed by atoms with E-state index in [1.54, 1.807) is 37.3 Å². The van der Waals surface area contributed by atoms with Gasteiger partial charge in [-0.05, 0) is 75.1 Å². The number of amides is 2. The van der Waals surface area contributed by atoms with Crippen LogP contribution in [-0.2, 0) is 26.2 Å². The molecule has 0 aliphatic heterocycles. The molecule has 3 aromatic carbocycles. The standard InChI is InChI=1S/C31H38ClN3O4S/c1-6-18-33-31(37)28(7-2)34(20-25-12-8-22(3)9-13-25)30(36)21-35(29-17-14-26(32)19-24(29)5)40(38,39)27-15-10-23(4)11-16-27/h8-17,19,28H,6-7,18,20-21H2,1-5H3,(H,33,37). The number of sulfonamides is 1. The maximum Gasteiger partial charge on any atom is 0.264 e. The van der Waals surface area contributed by atoms with Crippen LogP contribution < -0.4 is 9.62 Å². The van der Waals surface area contributed by atoms with Gasteiger partial charge in [0.1, 0.15) is 12.6 Å². The van der Waals surface area contributed by atoms with E-state index in [0.29, 0.717) is 29.2 Å². The topological polar surface area (TPSA) is 86.8 Å². The quantitative estimate of drug-likeness (QED) is 0.292. The normalized spacial score (nSPS) is 12.1. The molecule has 0 spiro atoms. The highest BCUT2D eigenvalue weighted by Gasteiger charge is 2.34. The number of carbonyl (C=O) groups excluding carboxylic acids is 2. The number of nitrogens with one attached hydrogen (secondary N) is 1. The van der Waals surface area contributed by atoms with Gasteiger partial charge in [-0.15, -0.1) is 0 Å². The largest absolute Gasteiger partial charge is 0.354 e. The summed E-state index contributed by atoms with van der Waals surface area (Å²) in [7, 11) is -4.14. The molecule has 0 radical (unpaired) electrons. The van der Waals surface area contributed by atoms with Crippen molar-refractivity contribution in [3.05, 3.63) is 94.0 Å². The average molecular weight is 584 g/mol. The molecule has 2 amide bonds. The van der Waals surface area contributed by atoms with Crippen molar-refractivity contribution in [3.63, 3.8) is 0 Å². The van der Waals surface area contributed by atoms with Crippen LogP contribution in [0.25, 0.3) is 0 Å². The van der Waals surface area contributed by atoms with E-state index in [1.807, 2.05) is 52.0 Å². The third kappa shape index (κ3) is 7.64. The lowest BCUT2D eigenvalue weighted by Crippen LogP contribution is -2.52. The van der Waals surface area contributed by atoms with Gasteiger partial charge in [0, 0.05) is 18.1 Å². The molecule has 0 fully saturated rings. The van der Waals surface area contributed by atoms with Gasteiger partial charge in [0.05, 0.1) is 10.6 Å². The highest BCUT2D eigenvalue weighted by Crippen LogP contribution is 2.29. The molecule has 0 saturated heterocycles. The summed E-state index contributed by atoms with van der Waals surface area (Å²) in [5, 5.41) is 3.35. The predicted molar refractivity (Wildman–Crippen MR) is 161 cm³/mol. The Morgan fingerprint density at radius 3 is 2.05 bits per heavy atom. The zero-order valence-corrected chi connectivity index (χ0v) is 25.3. The Balaban J connectivity index is 2.08. The van der Waals surface area contributed by atoms with Gasteiger partial charge in [-0.25, -0.2) is 8.42 Å². The predicted octanol–water partition coefficient (Wildman–Crippen LogP) is 5.79. The van der Waals surface area contributed by atoms with Crippen molar-refractivity contribution in [1.82, 2.24) is 10.2 Å². The average Bonchev–Trinajstić information content (AvgIpc) is 2.92. The molecule has 3 rings (SSSR count). The summed E-state index contributed by atoms with van der Waals surface area (Å²) in [4.78, 5) is 28.8. The molecule has 40 heavy (non-hydrogen) atoms. The Morgan fingerprint density at radius 2 is 1.50 bits per heavy atom. The number of hydrogen-bond donors (Lipinski definition) is 1. The molecule has 0 aliphatic carbocycles. The van der Waals surface area contributed by atoms with Gasteiger partial charge >= 0.3 is 0 Å². The Bertz CT molecular complexity index is 1420. The molecule has 0 aromatic heterocycles. The number of nitrogens with zero attached hydrogens (tertiary/aromatic N) is 2. The van der Waals surface area contributed by atoms with Crippen molar-refractivity contribution in [2.24, 2.45) is 0 Å². The molecular weight excluding hydrogens is 546 g/mol. The first-order valence-electron chi connectivity index (χ1n) is 13.5. The number of anilines is 1. The fourth-order valence-corrected chi connectivity index (χ4v) is 6.13. The van der Waals surface area contributed by atoms with E-state index in [1.165, 1.54) is 17.0 Å². The van der Waals surface area contributed by atoms with Gasteiger partial charge in [-0.1, -0.05) is 73.0 Å². The van der Waals surface area contributed by atoms with Crippen LogP contribution >= 0.6 is 11.6 Å². The monoisotopic (exact) mass is 583 g/mol. The van der Waals surface area contributed by atoms with Gasteiger partial charge in [0.2, 0.25) is 11.8 Å². The SMILES string of the molecule is CCCNC(=O)C(CC)N(Cc1ccc(C)cc1)C(=O)CN(c1ccc(Cl)cc1C)S(=O)(=O)c1ccc(C)cc1. The van der Waals surface area contributed by atoms with Crippen LogP contribution in [0.4, 0.5) is 5.69 Å². The Hall–Kier alpha value is -3.36. The van der Waals surface area contributed by atoms with E-state index in [9.17, 15) is 18.0 Å². The fraction of sp³-hybridized carbons (Fsp3) is 0.355. The molecule has 0 saturated carbocycles. The minimum Gasteiger partial charge on any atom is -0.354 e. The second kappa shape index (κ2) is 13.8. The van der Waals surface area contributed by atoms with E-state index < -0.39 is 28.5 Å². The van der Waals surface area contributed by atoms with Crippen molar-refractivity contribution in [3.8, 4) is 0 Å². The number of carbonyl (C=O) groups is 2. The highest BCUT2D eigenvalue weighted by molar-refractivity contribution is 7.92. The van der Waals surface area contributed by atoms with E-state index in [-0.39, 0.29) is 17.3 Å². The van der Waals surface area contributed by atoms with Gasteiger partial charge < -0.3 is 10.2 Å². The van der Waals surface area contributed by atoms with Crippen molar-refractivity contribution in [2.45, 2.75) is 64.9 Å². The lowest BCUT2D eigenvalue weighted by molar-refractivity contribution is -0.140. The lowest BCUT2D eigenvalue weighted by Gasteiger charge is -2.33.